The van der Waals surface area contributed by atoms with Gasteiger partial charge < -0.3 is 14.6 Å². The van der Waals surface area contributed by atoms with Gasteiger partial charge in [0.25, 0.3) is 0 Å². The van der Waals surface area contributed by atoms with Crippen LogP contribution in [-0.2, 0) is 4.74 Å². The van der Waals surface area contributed by atoms with Crippen LogP contribution in [0.15, 0.2) is 24.3 Å². The number of piperidine rings is 1. The van der Waals surface area contributed by atoms with E-state index in [-0.39, 0.29) is 12.6 Å². The van der Waals surface area contributed by atoms with Crippen LogP contribution in [-0.4, -0.2) is 54.4 Å². The van der Waals surface area contributed by atoms with Crippen molar-refractivity contribution in [2.45, 2.75) is 51.3 Å². The molecule has 3 atom stereocenters. The number of benzene rings is 1. The zero-order valence-corrected chi connectivity index (χ0v) is 14.2. The van der Waals surface area contributed by atoms with Crippen LogP contribution >= 0.6 is 0 Å². The van der Waals surface area contributed by atoms with E-state index in [0.29, 0.717) is 29.9 Å². The van der Waals surface area contributed by atoms with Gasteiger partial charge in [0.15, 0.2) is 0 Å². The summed E-state index contributed by atoms with van der Waals surface area (Å²) in [5.74, 6) is 0.265. The molecule has 1 heterocycles. The van der Waals surface area contributed by atoms with Crippen LogP contribution < -0.4 is 4.74 Å². The molecule has 23 heavy (non-hydrogen) atoms. The molecule has 1 aliphatic heterocycles. The molecule has 0 amide bonds. The Balaban J connectivity index is 1.81. The lowest BCUT2D eigenvalue weighted by Gasteiger charge is -2.40. The number of nitrogens with zero attached hydrogens (tertiary/aromatic N) is 1. The maximum absolute atomic E-state index is 11.4. The van der Waals surface area contributed by atoms with E-state index in [9.17, 15) is 9.90 Å². The van der Waals surface area contributed by atoms with Crippen molar-refractivity contribution < 1.29 is 19.4 Å². The Kier molecular flexibility index (Phi) is 6.42. The van der Waals surface area contributed by atoms with Gasteiger partial charge in [-0.25, -0.2) is 4.79 Å². The molecular weight excluding hydrogens is 294 g/mol. The van der Waals surface area contributed by atoms with Gasteiger partial charge in [-0.1, -0.05) is 6.42 Å². The molecule has 1 aliphatic rings. The quantitative estimate of drug-likeness (QED) is 0.816. The summed E-state index contributed by atoms with van der Waals surface area (Å²) in [6, 6.07) is 7.75. The molecule has 128 valence electrons. The van der Waals surface area contributed by atoms with E-state index in [0.717, 1.165) is 0 Å². The Morgan fingerprint density at radius 1 is 1.26 bits per heavy atom. The molecule has 0 aromatic heterocycles. The summed E-state index contributed by atoms with van der Waals surface area (Å²) in [7, 11) is 1.35. The molecule has 2 rings (SSSR count). The van der Waals surface area contributed by atoms with Crippen molar-refractivity contribution in [3.05, 3.63) is 29.8 Å². The van der Waals surface area contributed by atoms with Gasteiger partial charge in [0.1, 0.15) is 18.5 Å². The summed E-state index contributed by atoms with van der Waals surface area (Å²) in [6.07, 6.45) is 3.11. The van der Waals surface area contributed by atoms with Gasteiger partial charge in [0.2, 0.25) is 0 Å². The first-order valence-electron chi connectivity index (χ1n) is 8.26. The topological polar surface area (TPSA) is 59.0 Å². The highest BCUT2D eigenvalue weighted by atomic mass is 16.5. The second-order valence-corrected chi connectivity index (χ2v) is 6.31. The van der Waals surface area contributed by atoms with Crippen LogP contribution in [0.4, 0.5) is 0 Å². The molecule has 0 aliphatic carbocycles. The molecule has 0 saturated carbocycles. The van der Waals surface area contributed by atoms with Crippen LogP contribution in [0.3, 0.4) is 0 Å². The normalized spacial score (nSPS) is 23.3. The third-order valence-corrected chi connectivity index (χ3v) is 4.52. The number of β-amino-alcohol motifs (C(OH)–C–C–N with tert-alkyl or cyclic N) is 1. The van der Waals surface area contributed by atoms with Crippen LogP contribution in [0.5, 0.6) is 5.75 Å². The maximum Gasteiger partial charge on any atom is 0.337 e. The summed E-state index contributed by atoms with van der Waals surface area (Å²) in [6.45, 7) is 5.31. The molecule has 1 aromatic carbocycles. The molecule has 1 fully saturated rings. The average Bonchev–Trinajstić information content (AvgIpc) is 2.56. The van der Waals surface area contributed by atoms with E-state index in [2.05, 4.69) is 23.5 Å². The van der Waals surface area contributed by atoms with E-state index >= 15 is 0 Å². The van der Waals surface area contributed by atoms with Crippen LogP contribution in [0.1, 0.15) is 43.5 Å². The van der Waals surface area contributed by atoms with Crippen LogP contribution in [0.2, 0.25) is 0 Å². The number of methoxy groups -OCH3 is 1. The minimum absolute atomic E-state index is 0.244. The smallest absolute Gasteiger partial charge is 0.337 e. The molecular formula is C18H27NO4. The Hall–Kier alpha value is -1.59. The number of esters is 1. The highest BCUT2D eigenvalue weighted by Gasteiger charge is 2.26. The highest BCUT2D eigenvalue weighted by Crippen LogP contribution is 2.22. The lowest BCUT2D eigenvalue weighted by atomic mass is 9.97. The van der Waals surface area contributed by atoms with E-state index in [4.69, 9.17) is 4.74 Å². The van der Waals surface area contributed by atoms with Gasteiger partial charge >= 0.3 is 5.97 Å². The first-order chi connectivity index (χ1) is 11.0. The van der Waals surface area contributed by atoms with Crippen LogP contribution in [0.25, 0.3) is 0 Å². The zero-order valence-electron chi connectivity index (χ0n) is 14.2. The van der Waals surface area contributed by atoms with E-state index in [1.165, 1.54) is 26.4 Å². The predicted molar refractivity (Wildman–Crippen MR) is 88.8 cm³/mol. The van der Waals surface area contributed by atoms with Gasteiger partial charge in [-0.05, 0) is 51.0 Å². The Morgan fingerprint density at radius 3 is 2.43 bits per heavy atom. The number of rotatable bonds is 6. The molecule has 0 unspecified atom stereocenters. The molecule has 5 nitrogen and oxygen atoms in total. The minimum Gasteiger partial charge on any atom is -0.491 e. The molecule has 0 bridgehead atoms. The van der Waals surface area contributed by atoms with Crippen molar-refractivity contribution in [3.8, 4) is 5.75 Å². The SMILES string of the molecule is COC(=O)c1ccc(OC[C@H](O)CN2[C@H](C)CCC[C@H]2C)cc1. The highest BCUT2D eigenvalue weighted by molar-refractivity contribution is 5.89. The third-order valence-electron chi connectivity index (χ3n) is 4.52. The number of hydrogen-bond acceptors (Lipinski definition) is 5. The summed E-state index contributed by atoms with van der Waals surface area (Å²) < 4.78 is 10.3. The second kappa shape index (κ2) is 8.31. The first kappa shape index (κ1) is 17.8. The standard InChI is InChI=1S/C18H27NO4/c1-13-5-4-6-14(2)19(13)11-16(20)12-23-17-9-7-15(8-10-17)18(21)22-3/h7-10,13-14,16,20H,4-6,11-12H2,1-3H3/t13-,14-,16-/m1/s1. The van der Waals surface area contributed by atoms with Gasteiger partial charge in [-0.2, -0.15) is 0 Å². The Morgan fingerprint density at radius 2 is 1.87 bits per heavy atom. The summed E-state index contributed by atoms with van der Waals surface area (Å²) in [4.78, 5) is 13.7. The van der Waals surface area contributed by atoms with Crippen molar-refractivity contribution in [2.24, 2.45) is 0 Å². The van der Waals surface area contributed by atoms with Crippen molar-refractivity contribution in [1.29, 1.82) is 0 Å². The molecule has 0 spiro atoms. The number of carbonyl (C=O) groups is 1. The average molecular weight is 321 g/mol. The van der Waals surface area contributed by atoms with Gasteiger partial charge in [-0.3, -0.25) is 4.90 Å². The maximum atomic E-state index is 11.4. The van der Waals surface area contributed by atoms with E-state index in [1.807, 2.05) is 0 Å². The third kappa shape index (κ3) is 4.94. The van der Waals surface area contributed by atoms with Gasteiger partial charge in [0, 0.05) is 18.6 Å². The summed E-state index contributed by atoms with van der Waals surface area (Å²) in [5, 5.41) is 10.2. The van der Waals surface area contributed by atoms with E-state index in [1.54, 1.807) is 24.3 Å². The second-order valence-electron chi connectivity index (χ2n) is 6.31. The molecule has 1 aromatic rings. The van der Waals surface area contributed by atoms with E-state index < -0.39 is 6.10 Å². The van der Waals surface area contributed by atoms with Crippen molar-refractivity contribution in [1.82, 2.24) is 4.90 Å². The number of carbonyl (C=O) groups excluding carboxylic acids is 1. The first-order valence-corrected chi connectivity index (χ1v) is 8.26. The lowest BCUT2D eigenvalue weighted by Crippen LogP contribution is -2.48. The molecule has 0 radical (unpaired) electrons. The summed E-state index contributed by atoms with van der Waals surface area (Å²) in [5.41, 5.74) is 0.483. The summed E-state index contributed by atoms with van der Waals surface area (Å²) >= 11 is 0. The fourth-order valence-corrected chi connectivity index (χ4v) is 3.13. The number of aliphatic hydroxyl groups is 1. The van der Waals surface area contributed by atoms with Crippen LogP contribution in [0, 0.1) is 0 Å². The van der Waals surface area contributed by atoms with Gasteiger partial charge in [0.05, 0.1) is 12.7 Å². The molecule has 5 heteroatoms. The number of likely N-dealkylation sites (tertiary alicyclic amines) is 1. The number of hydrogen-bond donors (Lipinski definition) is 1. The Labute approximate surface area is 138 Å². The predicted octanol–water partition coefficient (Wildman–Crippen LogP) is 2.48. The van der Waals surface area contributed by atoms with Gasteiger partial charge in [-0.15, -0.1) is 0 Å². The lowest BCUT2D eigenvalue weighted by molar-refractivity contribution is 0.0209. The van der Waals surface area contributed by atoms with Crippen molar-refractivity contribution >= 4 is 5.97 Å². The molecule has 1 N–H and O–H groups in total. The molecule has 1 saturated heterocycles. The number of ether oxygens (including phenoxy) is 2. The zero-order chi connectivity index (χ0) is 16.8. The minimum atomic E-state index is -0.529. The monoisotopic (exact) mass is 321 g/mol. The fourth-order valence-electron chi connectivity index (χ4n) is 3.13. The van der Waals surface area contributed by atoms with Crippen molar-refractivity contribution in [3.63, 3.8) is 0 Å². The Bertz CT molecular complexity index is 492. The largest absolute Gasteiger partial charge is 0.491 e. The van der Waals surface area contributed by atoms with Crippen molar-refractivity contribution in [2.75, 3.05) is 20.3 Å². The fraction of sp³-hybridized carbons (Fsp3) is 0.611. The number of aliphatic hydroxyl groups excluding tert-OH is 1.